The topological polar surface area (TPSA) is 49.8 Å². The van der Waals surface area contributed by atoms with Crippen LogP contribution in [0.2, 0.25) is 0 Å². The van der Waals surface area contributed by atoms with Crippen molar-refractivity contribution < 1.29 is 14.0 Å². The van der Waals surface area contributed by atoms with Gasteiger partial charge in [0, 0.05) is 13.1 Å². The SMILES string of the molecule is CCCCCCCCCN(Cc1ccccc1)P(=O)(O)Oc1ccccc1. The van der Waals surface area contributed by atoms with Crippen molar-refractivity contribution in [2.75, 3.05) is 6.54 Å². The molecular formula is C22H32NO3P. The third-order valence-electron chi connectivity index (χ3n) is 4.55. The summed E-state index contributed by atoms with van der Waals surface area (Å²) in [5.41, 5.74) is 1.01. The van der Waals surface area contributed by atoms with Crippen LogP contribution in [0.25, 0.3) is 0 Å². The highest BCUT2D eigenvalue weighted by atomic mass is 31.2. The molecule has 2 aromatic carbocycles. The zero-order valence-corrected chi connectivity index (χ0v) is 17.2. The van der Waals surface area contributed by atoms with Crippen molar-refractivity contribution in [3.05, 3.63) is 66.2 Å². The molecule has 0 amide bonds. The highest BCUT2D eigenvalue weighted by Crippen LogP contribution is 2.47. The molecule has 0 saturated heterocycles. The van der Waals surface area contributed by atoms with Gasteiger partial charge >= 0.3 is 7.75 Å². The molecular weight excluding hydrogens is 357 g/mol. The van der Waals surface area contributed by atoms with Crippen molar-refractivity contribution in [3.63, 3.8) is 0 Å². The van der Waals surface area contributed by atoms with E-state index in [1.807, 2.05) is 36.4 Å². The Hall–Kier alpha value is -1.61. The van der Waals surface area contributed by atoms with Crippen LogP contribution in [0.15, 0.2) is 60.7 Å². The van der Waals surface area contributed by atoms with Gasteiger partial charge in [-0.05, 0) is 24.1 Å². The summed E-state index contributed by atoms with van der Waals surface area (Å²) in [4.78, 5) is 10.6. The Balaban J connectivity index is 1.95. The minimum absolute atomic E-state index is 0.400. The van der Waals surface area contributed by atoms with Gasteiger partial charge in [0.1, 0.15) is 5.75 Å². The summed E-state index contributed by atoms with van der Waals surface area (Å²) in [5.74, 6) is 0.418. The summed E-state index contributed by atoms with van der Waals surface area (Å²) in [7, 11) is -3.92. The third-order valence-corrected chi connectivity index (χ3v) is 6.06. The standard InChI is InChI=1S/C22H32NO3P/c1-2-3-4-5-6-7-14-19-23(20-21-15-10-8-11-16-21)27(24,25)26-22-17-12-9-13-18-22/h8-13,15-18H,2-7,14,19-20H2,1H3,(H,24,25). The van der Waals surface area contributed by atoms with E-state index in [1.165, 1.54) is 32.1 Å². The molecule has 0 radical (unpaired) electrons. The lowest BCUT2D eigenvalue weighted by Gasteiger charge is -2.27. The quantitative estimate of drug-likeness (QED) is 0.317. The predicted octanol–water partition coefficient (Wildman–Crippen LogP) is 6.42. The second-order valence-electron chi connectivity index (χ2n) is 6.89. The molecule has 4 nitrogen and oxygen atoms in total. The van der Waals surface area contributed by atoms with E-state index in [0.717, 1.165) is 18.4 Å². The lowest BCUT2D eigenvalue weighted by atomic mass is 10.1. The van der Waals surface area contributed by atoms with Gasteiger partial charge < -0.3 is 9.42 Å². The Kier molecular flexibility index (Phi) is 9.61. The van der Waals surface area contributed by atoms with Gasteiger partial charge in [-0.25, -0.2) is 4.57 Å². The molecule has 0 aliphatic heterocycles. The second kappa shape index (κ2) is 12.0. The highest BCUT2D eigenvalue weighted by Gasteiger charge is 2.31. The van der Waals surface area contributed by atoms with E-state index in [9.17, 15) is 9.46 Å². The van der Waals surface area contributed by atoms with Crippen LogP contribution in [0.4, 0.5) is 0 Å². The average Bonchev–Trinajstić information content (AvgIpc) is 2.67. The van der Waals surface area contributed by atoms with Crippen LogP contribution < -0.4 is 4.52 Å². The number of benzene rings is 2. The minimum Gasteiger partial charge on any atom is -0.413 e. The molecule has 1 atom stereocenters. The predicted molar refractivity (Wildman–Crippen MR) is 112 cm³/mol. The first kappa shape index (κ1) is 21.7. The second-order valence-corrected chi connectivity index (χ2v) is 8.62. The lowest BCUT2D eigenvalue weighted by Crippen LogP contribution is -2.24. The fraction of sp³-hybridized carbons (Fsp3) is 0.455. The van der Waals surface area contributed by atoms with E-state index in [-0.39, 0.29) is 0 Å². The molecule has 0 aliphatic rings. The van der Waals surface area contributed by atoms with Gasteiger partial charge in [-0.3, -0.25) is 0 Å². The summed E-state index contributed by atoms with van der Waals surface area (Å²) < 4.78 is 20.0. The van der Waals surface area contributed by atoms with Crippen LogP contribution in [0, 0.1) is 0 Å². The Morgan fingerprint density at radius 2 is 1.41 bits per heavy atom. The molecule has 5 heteroatoms. The number of para-hydroxylation sites is 1. The van der Waals surface area contributed by atoms with Crippen molar-refractivity contribution in [1.82, 2.24) is 4.67 Å². The molecule has 0 bridgehead atoms. The molecule has 0 saturated carbocycles. The lowest BCUT2D eigenvalue weighted by molar-refractivity contribution is 0.267. The van der Waals surface area contributed by atoms with Crippen molar-refractivity contribution >= 4 is 7.75 Å². The van der Waals surface area contributed by atoms with Crippen LogP contribution >= 0.6 is 7.75 Å². The summed E-state index contributed by atoms with van der Waals surface area (Å²) in [5, 5.41) is 0. The largest absolute Gasteiger partial charge is 0.459 e. The smallest absolute Gasteiger partial charge is 0.413 e. The summed E-state index contributed by atoms with van der Waals surface area (Å²) in [6.45, 7) is 3.16. The minimum atomic E-state index is -3.92. The van der Waals surface area contributed by atoms with Crippen LogP contribution in [0.3, 0.4) is 0 Å². The number of hydrogen-bond donors (Lipinski definition) is 1. The molecule has 1 unspecified atom stereocenters. The number of hydrogen-bond acceptors (Lipinski definition) is 2. The first-order chi connectivity index (χ1) is 13.1. The van der Waals surface area contributed by atoms with E-state index in [0.29, 0.717) is 18.8 Å². The van der Waals surface area contributed by atoms with E-state index >= 15 is 0 Å². The number of unbranched alkanes of at least 4 members (excludes halogenated alkanes) is 6. The molecule has 0 spiro atoms. The summed E-state index contributed by atoms with van der Waals surface area (Å²) in [6.07, 6.45) is 8.19. The first-order valence-corrected chi connectivity index (χ1v) is 11.5. The Morgan fingerprint density at radius 1 is 0.852 bits per heavy atom. The van der Waals surface area contributed by atoms with E-state index in [2.05, 4.69) is 6.92 Å². The third kappa shape index (κ3) is 8.30. The maximum atomic E-state index is 13.0. The maximum absolute atomic E-state index is 13.0. The van der Waals surface area contributed by atoms with Crippen LogP contribution in [0.5, 0.6) is 5.75 Å². The zero-order chi connectivity index (χ0) is 19.4. The fourth-order valence-corrected chi connectivity index (χ4v) is 4.26. The zero-order valence-electron chi connectivity index (χ0n) is 16.3. The molecule has 1 N–H and O–H groups in total. The van der Waals surface area contributed by atoms with Crippen molar-refractivity contribution in [2.24, 2.45) is 0 Å². The van der Waals surface area contributed by atoms with Gasteiger partial charge in [-0.15, -0.1) is 0 Å². The van der Waals surface area contributed by atoms with E-state index in [4.69, 9.17) is 4.52 Å². The van der Waals surface area contributed by atoms with E-state index < -0.39 is 7.75 Å². The Bertz CT molecular complexity index is 678. The summed E-state index contributed by atoms with van der Waals surface area (Å²) in [6, 6.07) is 18.7. The van der Waals surface area contributed by atoms with Gasteiger partial charge in [-0.1, -0.05) is 94.0 Å². The van der Waals surface area contributed by atoms with Crippen molar-refractivity contribution in [3.8, 4) is 5.75 Å². The molecule has 2 aromatic rings. The monoisotopic (exact) mass is 389 g/mol. The van der Waals surface area contributed by atoms with Gasteiger partial charge in [-0.2, -0.15) is 4.67 Å². The van der Waals surface area contributed by atoms with Gasteiger partial charge in [0.25, 0.3) is 0 Å². The normalized spacial score (nSPS) is 13.4. The summed E-state index contributed by atoms with van der Waals surface area (Å²) >= 11 is 0. The average molecular weight is 389 g/mol. The van der Waals surface area contributed by atoms with Gasteiger partial charge in [0.05, 0.1) is 0 Å². The van der Waals surface area contributed by atoms with Crippen molar-refractivity contribution in [2.45, 2.75) is 58.4 Å². The number of nitrogens with zero attached hydrogens (tertiary/aromatic N) is 1. The van der Waals surface area contributed by atoms with Crippen LogP contribution in [-0.4, -0.2) is 16.1 Å². The fourth-order valence-electron chi connectivity index (χ4n) is 3.02. The van der Waals surface area contributed by atoms with Gasteiger partial charge in [0.2, 0.25) is 0 Å². The molecule has 2 rings (SSSR count). The Morgan fingerprint density at radius 3 is 2.04 bits per heavy atom. The Labute approximate surface area is 163 Å². The van der Waals surface area contributed by atoms with Gasteiger partial charge in [0.15, 0.2) is 0 Å². The molecule has 27 heavy (non-hydrogen) atoms. The van der Waals surface area contributed by atoms with Crippen LogP contribution in [-0.2, 0) is 11.1 Å². The van der Waals surface area contributed by atoms with Crippen LogP contribution in [0.1, 0.15) is 57.4 Å². The maximum Gasteiger partial charge on any atom is 0.459 e. The first-order valence-electron chi connectivity index (χ1n) is 9.98. The molecule has 0 aliphatic carbocycles. The molecule has 148 valence electrons. The van der Waals surface area contributed by atoms with Crippen molar-refractivity contribution in [1.29, 1.82) is 0 Å². The molecule has 0 fully saturated rings. The molecule has 0 heterocycles. The molecule has 0 aromatic heterocycles. The van der Waals surface area contributed by atoms with E-state index in [1.54, 1.807) is 28.9 Å². The highest BCUT2D eigenvalue weighted by molar-refractivity contribution is 7.50. The number of rotatable bonds is 13.